The number of carbonyl (C=O) groups is 1. The minimum atomic E-state index is -0.000449. The van der Waals surface area contributed by atoms with E-state index in [0.717, 1.165) is 24.0 Å². The van der Waals surface area contributed by atoms with Crippen molar-refractivity contribution in [3.63, 3.8) is 0 Å². The van der Waals surface area contributed by atoms with Crippen molar-refractivity contribution in [1.82, 2.24) is 15.3 Å². The molecular weight excluding hydrogens is 226 g/mol. The molecule has 1 amide bonds. The molecule has 18 heavy (non-hydrogen) atoms. The van der Waals surface area contributed by atoms with Crippen LogP contribution in [0.25, 0.3) is 0 Å². The Morgan fingerprint density at radius 2 is 2.22 bits per heavy atom. The first-order valence-corrected chi connectivity index (χ1v) is 6.10. The Bertz CT molecular complexity index is 563. The standard InChI is InChI=1S/C14H15N3O/c1-9-6-16-8-13(9)14(18)17-12-4-10-2-3-15-7-11(10)5-12/h2-3,6-8,12,16H,4-5H2,1H3,(H,17,18). The average Bonchev–Trinajstić information content (AvgIpc) is 2.94. The van der Waals surface area contributed by atoms with E-state index in [4.69, 9.17) is 0 Å². The summed E-state index contributed by atoms with van der Waals surface area (Å²) in [5.41, 5.74) is 4.24. The molecule has 0 saturated carbocycles. The minimum Gasteiger partial charge on any atom is -0.367 e. The van der Waals surface area contributed by atoms with Gasteiger partial charge >= 0.3 is 0 Å². The molecule has 2 heterocycles. The van der Waals surface area contributed by atoms with Crippen molar-refractivity contribution in [1.29, 1.82) is 0 Å². The fourth-order valence-corrected chi connectivity index (χ4v) is 2.49. The number of nitrogens with zero attached hydrogens (tertiary/aromatic N) is 1. The Balaban J connectivity index is 1.70. The van der Waals surface area contributed by atoms with Crippen molar-refractivity contribution in [2.24, 2.45) is 0 Å². The predicted molar refractivity (Wildman–Crippen MR) is 68.4 cm³/mol. The van der Waals surface area contributed by atoms with E-state index >= 15 is 0 Å². The van der Waals surface area contributed by atoms with Crippen molar-refractivity contribution >= 4 is 5.91 Å². The maximum Gasteiger partial charge on any atom is 0.253 e. The van der Waals surface area contributed by atoms with E-state index in [1.807, 2.05) is 25.4 Å². The Kier molecular flexibility index (Phi) is 2.63. The number of rotatable bonds is 2. The van der Waals surface area contributed by atoms with Crippen molar-refractivity contribution in [3.8, 4) is 0 Å². The highest BCUT2D eigenvalue weighted by atomic mass is 16.1. The van der Waals surface area contributed by atoms with Gasteiger partial charge in [-0.05, 0) is 42.5 Å². The predicted octanol–water partition coefficient (Wildman–Crippen LogP) is 1.62. The van der Waals surface area contributed by atoms with Crippen LogP contribution in [-0.2, 0) is 12.8 Å². The first-order valence-electron chi connectivity index (χ1n) is 6.10. The summed E-state index contributed by atoms with van der Waals surface area (Å²) in [6.07, 6.45) is 9.05. The molecule has 1 aliphatic carbocycles. The summed E-state index contributed by atoms with van der Waals surface area (Å²) in [4.78, 5) is 19.2. The summed E-state index contributed by atoms with van der Waals surface area (Å²) in [6, 6.07) is 2.22. The van der Waals surface area contributed by atoms with Crippen molar-refractivity contribution < 1.29 is 4.79 Å². The molecule has 0 radical (unpaired) electrons. The summed E-state index contributed by atoms with van der Waals surface area (Å²) < 4.78 is 0. The lowest BCUT2D eigenvalue weighted by atomic mass is 10.1. The first-order chi connectivity index (χ1) is 8.74. The molecule has 0 aliphatic heterocycles. The summed E-state index contributed by atoms with van der Waals surface area (Å²) >= 11 is 0. The summed E-state index contributed by atoms with van der Waals surface area (Å²) in [7, 11) is 0. The van der Waals surface area contributed by atoms with Crippen LogP contribution >= 0.6 is 0 Å². The summed E-state index contributed by atoms with van der Waals surface area (Å²) in [5.74, 6) is -0.000449. The van der Waals surface area contributed by atoms with Gasteiger partial charge in [-0.3, -0.25) is 9.78 Å². The van der Waals surface area contributed by atoms with Crippen LogP contribution in [0.3, 0.4) is 0 Å². The topological polar surface area (TPSA) is 57.8 Å². The molecule has 92 valence electrons. The monoisotopic (exact) mass is 241 g/mol. The zero-order chi connectivity index (χ0) is 12.5. The second kappa shape index (κ2) is 4.29. The van der Waals surface area contributed by atoms with Crippen molar-refractivity contribution in [2.75, 3.05) is 0 Å². The molecular formula is C14H15N3O. The second-order valence-corrected chi connectivity index (χ2v) is 4.78. The van der Waals surface area contributed by atoms with Crippen LogP contribution in [0.2, 0.25) is 0 Å². The summed E-state index contributed by atoms with van der Waals surface area (Å²) in [5, 5.41) is 3.08. The third-order valence-electron chi connectivity index (χ3n) is 3.47. The van der Waals surface area contributed by atoms with Crippen LogP contribution in [-0.4, -0.2) is 21.9 Å². The number of hydrogen-bond acceptors (Lipinski definition) is 2. The van der Waals surface area contributed by atoms with Gasteiger partial charge < -0.3 is 10.3 Å². The number of pyridine rings is 1. The molecule has 2 N–H and O–H groups in total. The van der Waals surface area contributed by atoms with E-state index in [9.17, 15) is 4.79 Å². The fraction of sp³-hybridized carbons (Fsp3) is 0.286. The van der Waals surface area contributed by atoms with Crippen LogP contribution in [0.4, 0.5) is 0 Å². The largest absolute Gasteiger partial charge is 0.367 e. The van der Waals surface area contributed by atoms with E-state index in [-0.39, 0.29) is 11.9 Å². The molecule has 2 aromatic heterocycles. The highest BCUT2D eigenvalue weighted by Crippen LogP contribution is 2.21. The van der Waals surface area contributed by atoms with Crippen molar-refractivity contribution in [3.05, 3.63) is 53.1 Å². The lowest BCUT2D eigenvalue weighted by Gasteiger charge is -2.11. The molecule has 0 fully saturated rings. The van der Waals surface area contributed by atoms with Gasteiger partial charge in [0.15, 0.2) is 0 Å². The van der Waals surface area contributed by atoms with Crippen LogP contribution in [0.15, 0.2) is 30.9 Å². The first kappa shape index (κ1) is 11.0. The SMILES string of the molecule is Cc1c[nH]cc1C(=O)NC1Cc2ccncc2C1. The average molecular weight is 241 g/mol. The summed E-state index contributed by atoms with van der Waals surface area (Å²) in [6.45, 7) is 1.93. The number of hydrogen-bond donors (Lipinski definition) is 2. The smallest absolute Gasteiger partial charge is 0.253 e. The molecule has 1 atom stereocenters. The quantitative estimate of drug-likeness (QED) is 0.839. The fourth-order valence-electron chi connectivity index (χ4n) is 2.49. The third-order valence-corrected chi connectivity index (χ3v) is 3.47. The number of aryl methyl sites for hydroxylation is 1. The van der Waals surface area contributed by atoms with Gasteiger partial charge in [0.05, 0.1) is 5.56 Å². The molecule has 4 nitrogen and oxygen atoms in total. The molecule has 2 aromatic rings. The number of nitrogens with one attached hydrogen (secondary N) is 2. The van der Waals surface area contributed by atoms with Gasteiger partial charge in [-0.2, -0.15) is 0 Å². The minimum absolute atomic E-state index is 0.000449. The number of fused-ring (bicyclic) bond motifs is 1. The lowest BCUT2D eigenvalue weighted by Crippen LogP contribution is -2.35. The van der Waals surface area contributed by atoms with E-state index in [0.29, 0.717) is 0 Å². The molecule has 4 heteroatoms. The van der Waals surface area contributed by atoms with Crippen LogP contribution in [0.5, 0.6) is 0 Å². The Labute approximate surface area is 105 Å². The van der Waals surface area contributed by atoms with Gasteiger partial charge in [-0.25, -0.2) is 0 Å². The molecule has 0 bridgehead atoms. The molecule has 0 saturated heterocycles. The number of amides is 1. The molecule has 1 aliphatic rings. The Morgan fingerprint density at radius 3 is 2.94 bits per heavy atom. The number of aromatic amines is 1. The zero-order valence-electron chi connectivity index (χ0n) is 10.2. The van der Waals surface area contributed by atoms with Crippen LogP contribution in [0, 0.1) is 6.92 Å². The van der Waals surface area contributed by atoms with Gasteiger partial charge in [-0.1, -0.05) is 0 Å². The molecule has 0 aromatic carbocycles. The van der Waals surface area contributed by atoms with E-state index in [1.54, 1.807) is 12.4 Å². The maximum atomic E-state index is 12.1. The van der Waals surface area contributed by atoms with E-state index in [1.165, 1.54) is 11.1 Å². The Hall–Kier alpha value is -2.10. The number of H-pyrrole nitrogens is 1. The van der Waals surface area contributed by atoms with Gasteiger partial charge in [0.1, 0.15) is 0 Å². The van der Waals surface area contributed by atoms with E-state index < -0.39 is 0 Å². The second-order valence-electron chi connectivity index (χ2n) is 4.78. The van der Waals surface area contributed by atoms with Crippen molar-refractivity contribution in [2.45, 2.75) is 25.8 Å². The van der Waals surface area contributed by atoms with Gasteiger partial charge in [0.2, 0.25) is 0 Å². The van der Waals surface area contributed by atoms with E-state index in [2.05, 4.69) is 15.3 Å². The number of aromatic nitrogens is 2. The lowest BCUT2D eigenvalue weighted by molar-refractivity contribution is 0.0938. The highest BCUT2D eigenvalue weighted by Gasteiger charge is 2.23. The van der Waals surface area contributed by atoms with Gasteiger partial charge in [0, 0.05) is 30.8 Å². The normalized spacial score (nSPS) is 17.5. The maximum absolute atomic E-state index is 12.1. The van der Waals surface area contributed by atoms with Gasteiger partial charge in [0.25, 0.3) is 5.91 Å². The Morgan fingerprint density at radius 1 is 1.39 bits per heavy atom. The zero-order valence-corrected chi connectivity index (χ0v) is 10.2. The molecule has 3 rings (SSSR count). The highest BCUT2D eigenvalue weighted by molar-refractivity contribution is 5.95. The van der Waals surface area contributed by atoms with Crippen LogP contribution in [0.1, 0.15) is 27.0 Å². The third kappa shape index (κ3) is 1.90. The number of carbonyl (C=O) groups excluding carboxylic acids is 1. The molecule has 1 unspecified atom stereocenters. The van der Waals surface area contributed by atoms with Gasteiger partial charge in [-0.15, -0.1) is 0 Å². The molecule has 0 spiro atoms. The van der Waals surface area contributed by atoms with Crippen LogP contribution < -0.4 is 5.32 Å².